The molecule has 4 rings (SSSR count). The van der Waals surface area contributed by atoms with Crippen LogP contribution in [0.1, 0.15) is 56.2 Å². The van der Waals surface area contributed by atoms with Gasteiger partial charge in [-0.15, -0.1) is 0 Å². The van der Waals surface area contributed by atoms with Crippen LogP contribution in [0.15, 0.2) is 54.1 Å². The summed E-state index contributed by atoms with van der Waals surface area (Å²) in [4.78, 5) is 27.8. The monoisotopic (exact) mass is 439 g/mol. The summed E-state index contributed by atoms with van der Waals surface area (Å²) in [6.45, 7) is 2.66. The summed E-state index contributed by atoms with van der Waals surface area (Å²) < 4.78 is 5.67. The van der Waals surface area contributed by atoms with Crippen LogP contribution >= 0.6 is 11.6 Å². The number of aliphatic hydroxyl groups excluding tert-OH is 1. The van der Waals surface area contributed by atoms with E-state index in [1.807, 2.05) is 31.2 Å². The van der Waals surface area contributed by atoms with Gasteiger partial charge in [-0.05, 0) is 49.1 Å². The topological polar surface area (TPSA) is 66.8 Å². The van der Waals surface area contributed by atoms with Crippen molar-refractivity contribution in [3.63, 3.8) is 0 Å². The van der Waals surface area contributed by atoms with Crippen molar-refractivity contribution in [3.05, 3.63) is 70.3 Å². The summed E-state index contributed by atoms with van der Waals surface area (Å²) >= 11 is 6.10. The molecule has 1 heterocycles. The lowest BCUT2D eigenvalue weighted by atomic mass is 9.94. The van der Waals surface area contributed by atoms with Gasteiger partial charge in [0.25, 0.3) is 11.7 Å². The van der Waals surface area contributed by atoms with Gasteiger partial charge in [-0.25, -0.2) is 0 Å². The Hall–Kier alpha value is -2.79. The van der Waals surface area contributed by atoms with E-state index in [2.05, 4.69) is 0 Å². The summed E-state index contributed by atoms with van der Waals surface area (Å²) in [6.07, 6.45) is 4.68. The van der Waals surface area contributed by atoms with E-state index in [-0.39, 0.29) is 17.4 Å². The van der Waals surface area contributed by atoms with Crippen LogP contribution in [0.2, 0.25) is 5.02 Å². The Morgan fingerprint density at radius 1 is 1.13 bits per heavy atom. The number of benzene rings is 2. The number of nitrogens with zero attached hydrogens (tertiary/aromatic N) is 1. The normalized spacial score (nSPS) is 21.1. The first-order valence-electron chi connectivity index (χ1n) is 10.8. The molecule has 162 valence electrons. The standard InChI is InChI=1S/C25H26ClNO4/c1-2-14-31-20-12-10-16(11-13-20)22-21(23(28)17-6-5-7-18(26)15-17)24(29)25(30)27(22)19-8-3-4-9-19/h5-7,10-13,15,19,22,28H,2-4,8-9,14H2,1H3/b23-21-. The number of halogens is 1. The first-order chi connectivity index (χ1) is 15.0. The van der Waals surface area contributed by atoms with Crippen LogP contribution in [0.5, 0.6) is 5.75 Å². The molecule has 6 heteroatoms. The van der Waals surface area contributed by atoms with Gasteiger partial charge in [-0.1, -0.05) is 55.6 Å². The van der Waals surface area contributed by atoms with E-state index < -0.39 is 17.7 Å². The van der Waals surface area contributed by atoms with E-state index in [4.69, 9.17) is 16.3 Å². The molecule has 2 fully saturated rings. The fourth-order valence-electron chi connectivity index (χ4n) is 4.49. The summed E-state index contributed by atoms with van der Waals surface area (Å²) in [5, 5.41) is 11.5. The summed E-state index contributed by atoms with van der Waals surface area (Å²) in [7, 11) is 0. The number of ketones is 1. The van der Waals surface area contributed by atoms with Gasteiger partial charge in [0.05, 0.1) is 18.2 Å². The number of aliphatic hydroxyl groups is 1. The lowest BCUT2D eigenvalue weighted by molar-refractivity contribution is -0.141. The molecule has 1 saturated carbocycles. The minimum atomic E-state index is -0.652. The smallest absolute Gasteiger partial charge is 0.295 e. The zero-order chi connectivity index (χ0) is 22.0. The van der Waals surface area contributed by atoms with Crippen LogP contribution in [0, 0.1) is 0 Å². The molecule has 1 atom stereocenters. The second-order valence-electron chi connectivity index (χ2n) is 8.07. The summed E-state index contributed by atoms with van der Waals surface area (Å²) in [5.41, 5.74) is 1.31. The predicted molar refractivity (Wildman–Crippen MR) is 120 cm³/mol. The highest BCUT2D eigenvalue weighted by molar-refractivity contribution is 6.46. The highest BCUT2D eigenvalue weighted by atomic mass is 35.5. The fourth-order valence-corrected chi connectivity index (χ4v) is 4.68. The Kier molecular flexibility index (Phi) is 6.33. The van der Waals surface area contributed by atoms with Crippen molar-refractivity contribution in [2.24, 2.45) is 0 Å². The zero-order valence-electron chi connectivity index (χ0n) is 17.5. The Balaban J connectivity index is 1.81. The first kappa shape index (κ1) is 21.4. The number of hydrogen-bond acceptors (Lipinski definition) is 4. The van der Waals surface area contributed by atoms with Crippen molar-refractivity contribution in [2.45, 2.75) is 51.1 Å². The van der Waals surface area contributed by atoms with Gasteiger partial charge in [-0.2, -0.15) is 0 Å². The molecule has 31 heavy (non-hydrogen) atoms. The molecule has 2 aliphatic rings. The highest BCUT2D eigenvalue weighted by Gasteiger charge is 2.49. The molecule has 1 aliphatic carbocycles. The lowest BCUT2D eigenvalue weighted by Gasteiger charge is -2.30. The number of ether oxygens (including phenoxy) is 1. The number of hydrogen-bond donors (Lipinski definition) is 1. The third-order valence-electron chi connectivity index (χ3n) is 5.96. The van der Waals surface area contributed by atoms with Gasteiger partial charge >= 0.3 is 0 Å². The van der Waals surface area contributed by atoms with Crippen molar-refractivity contribution in [3.8, 4) is 5.75 Å². The van der Waals surface area contributed by atoms with Crippen LogP contribution in [0.3, 0.4) is 0 Å². The average Bonchev–Trinajstić information content (AvgIpc) is 3.39. The largest absolute Gasteiger partial charge is 0.507 e. The molecule has 0 radical (unpaired) electrons. The third-order valence-corrected chi connectivity index (χ3v) is 6.20. The summed E-state index contributed by atoms with van der Waals surface area (Å²) in [5.74, 6) is -0.664. The minimum absolute atomic E-state index is 0.0119. The second kappa shape index (κ2) is 9.15. The number of amides is 1. The number of carbonyl (C=O) groups is 2. The molecule has 1 N–H and O–H groups in total. The molecule has 2 aromatic rings. The first-order valence-corrected chi connectivity index (χ1v) is 11.2. The Morgan fingerprint density at radius 3 is 2.48 bits per heavy atom. The molecular weight excluding hydrogens is 414 g/mol. The van der Waals surface area contributed by atoms with E-state index in [0.717, 1.165) is 43.4 Å². The number of likely N-dealkylation sites (tertiary alicyclic amines) is 1. The number of carbonyl (C=O) groups excluding carboxylic acids is 2. The molecule has 1 aliphatic heterocycles. The van der Waals surface area contributed by atoms with Crippen LogP contribution < -0.4 is 4.74 Å². The van der Waals surface area contributed by atoms with E-state index in [1.54, 1.807) is 29.2 Å². The molecule has 0 bridgehead atoms. The molecule has 1 unspecified atom stereocenters. The molecule has 1 amide bonds. The van der Waals surface area contributed by atoms with E-state index in [9.17, 15) is 14.7 Å². The second-order valence-corrected chi connectivity index (χ2v) is 8.51. The maximum atomic E-state index is 13.1. The average molecular weight is 440 g/mol. The van der Waals surface area contributed by atoms with E-state index >= 15 is 0 Å². The Labute approximate surface area is 187 Å². The van der Waals surface area contributed by atoms with Crippen LogP contribution in [-0.4, -0.2) is 34.3 Å². The van der Waals surface area contributed by atoms with E-state index in [1.165, 1.54) is 0 Å². The lowest BCUT2D eigenvalue weighted by Crippen LogP contribution is -2.37. The maximum absolute atomic E-state index is 13.1. The van der Waals surface area contributed by atoms with Crippen molar-refractivity contribution >= 4 is 29.1 Å². The quantitative estimate of drug-likeness (QED) is 0.367. The zero-order valence-corrected chi connectivity index (χ0v) is 18.3. The van der Waals surface area contributed by atoms with Crippen LogP contribution in [0.25, 0.3) is 5.76 Å². The maximum Gasteiger partial charge on any atom is 0.295 e. The number of rotatable bonds is 6. The van der Waals surface area contributed by atoms with Gasteiger partial charge in [0.1, 0.15) is 11.5 Å². The van der Waals surface area contributed by atoms with Crippen molar-refractivity contribution in [2.75, 3.05) is 6.61 Å². The Bertz CT molecular complexity index is 1010. The van der Waals surface area contributed by atoms with Crippen LogP contribution in [0.4, 0.5) is 0 Å². The highest BCUT2D eigenvalue weighted by Crippen LogP contribution is 2.43. The van der Waals surface area contributed by atoms with Crippen molar-refractivity contribution < 1.29 is 19.4 Å². The fraction of sp³-hybridized carbons (Fsp3) is 0.360. The summed E-state index contributed by atoms with van der Waals surface area (Å²) in [6, 6.07) is 13.5. The van der Waals surface area contributed by atoms with Gasteiger partial charge in [0.2, 0.25) is 0 Å². The van der Waals surface area contributed by atoms with Gasteiger partial charge in [0, 0.05) is 16.6 Å². The molecule has 1 saturated heterocycles. The SMILES string of the molecule is CCCOc1ccc(C2/C(=C(/O)c3cccc(Cl)c3)C(=O)C(=O)N2C2CCCC2)cc1. The molecule has 2 aromatic carbocycles. The van der Waals surface area contributed by atoms with Crippen molar-refractivity contribution in [1.82, 2.24) is 4.90 Å². The van der Waals surface area contributed by atoms with Gasteiger partial charge in [0.15, 0.2) is 0 Å². The predicted octanol–water partition coefficient (Wildman–Crippen LogP) is 5.49. The third kappa shape index (κ3) is 4.19. The van der Waals surface area contributed by atoms with Crippen molar-refractivity contribution in [1.29, 1.82) is 0 Å². The van der Waals surface area contributed by atoms with Gasteiger partial charge in [-0.3, -0.25) is 9.59 Å². The number of Topliss-reactive ketones (excluding diaryl/α,β-unsaturated/α-hetero) is 1. The molecule has 0 spiro atoms. The van der Waals surface area contributed by atoms with Crippen LogP contribution in [-0.2, 0) is 9.59 Å². The van der Waals surface area contributed by atoms with E-state index in [0.29, 0.717) is 17.2 Å². The van der Waals surface area contributed by atoms with Gasteiger partial charge < -0.3 is 14.7 Å². The molecule has 0 aromatic heterocycles. The minimum Gasteiger partial charge on any atom is -0.507 e. The Morgan fingerprint density at radius 2 is 1.84 bits per heavy atom. The molecular formula is C25H26ClNO4. The molecule has 5 nitrogen and oxygen atoms in total.